The maximum Gasteiger partial charge on any atom is 0.258 e. The first-order valence-electron chi connectivity index (χ1n) is 5.90. The molecule has 19 heavy (non-hydrogen) atoms. The largest absolute Gasteiger partial charge is 0.481 e. The predicted molar refractivity (Wildman–Crippen MR) is 67.4 cm³/mol. The molecule has 1 amide bonds. The number of rotatable bonds is 7. The van der Waals surface area contributed by atoms with E-state index >= 15 is 0 Å². The van der Waals surface area contributed by atoms with E-state index in [2.05, 4.69) is 5.32 Å². The average molecular weight is 271 g/mol. The number of aliphatic hydroxyl groups excluding tert-OH is 1. The second-order valence-corrected chi connectivity index (χ2v) is 4.00. The third kappa shape index (κ3) is 5.23. The molecule has 1 unspecified atom stereocenters. The molecule has 1 atom stereocenters. The highest BCUT2D eigenvalue weighted by atomic mass is 19.1. The summed E-state index contributed by atoms with van der Waals surface area (Å²) in [6.07, 6.45) is -0.749. The van der Waals surface area contributed by atoms with Crippen LogP contribution in [-0.2, 0) is 9.53 Å². The van der Waals surface area contributed by atoms with Gasteiger partial charge in [-0.3, -0.25) is 4.79 Å². The summed E-state index contributed by atoms with van der Waals surface area (Å²) in [7, 11) is 1.53. The van der Waals surface area contributed by atoms with Crippen LogP contribution in [0.1, 0.15) is 18.6 Å². The van der Waals surface area contributed by atoms with Crippen molar-refractivity contribution in [3.05, 3.63) is 29.6 Å². The molecule has 0 radical (unpaired) electrons. The zero-order chi connectivity index (χ0) is 14.3. The van der Waals surface area contributed by atoms with Gasteiger partial charge in [0, 0.05) is 13.7 Å². The minimum Gasteiger partial charge on any atom is -0.481 e. The van der Waals surface area contributed by atoms with Gasteiger partial charge in [0.2, 0.25) is 0 Å². The molecule has 1 aromatic carbocycles. The van der Waals surface area contributed by atoms with Gasteiger partial charge in [-0.15, -0.1) is 0 Å². The lowest BCUT2D eigenvalue weighted by Gasteiger charge is -2.10. The SMILES string of the molecule is COCCNC(=O)COc1ccc(C(C)O)cc1F. The number of nitrogens with one attached hydrogen (secondary N) is 1. The van der Waals surface area contributed by atoms with Crippen LogP contribution in [0.5, 0.6) is 5.75 Å². The molecule has 0 aliphatic heterocycles. The van der Waals surface area contributed by atoms with Gasteiger partial charge in [-0.2, -0.15) is 0 Å². The molecule has 1 aromatic rings. The van der Waals surface area contributed by atoms with Crippen molar-refractivity contribution in [1.29, 1.82) is 0 Å². The molecule has 0 saturated heterocycles. The number of hydrogen-bond acceptors (Lipinski definition) is 4. The lowest BCUT2D eigenvalue weighted by Crippen LogP contribution is -2.31. The molecule has 0 fully saturated rings. The van der Waals surface area contributed by atoms with Crippen LogP contribution in [0, 0.1) is 5.82 Å². The Bertz CT molecular complexity index is 423. The fraction of sp³-hybridized carbons (Fsp3) is 0.462. The third-order valence-corrected chi connectivity index (χ3v) is 2.43. The van der Waals surface area contributed by atoms with E-state index in [0.717, 1.165) is 0 Å². The molecule has 0 saturated carbocycles. The molecule has 0 aliphatic carbocycles. The van der Waals surface area contributed by atoms with Crippen LogP contribution in [0.15, 0.2) is 18.2 Å². The molecule has 5 nitrogen and oxygen atoms in total. The fourth-order valence-electron chi connectivity index (χ4n) is 1.38. The summed E-state index contributed by atoms with van der Waals surface area (Å²) in [5.41, 5.74) is 0.453. The number of benzene rings is 1. The number of carbonyl (C=O) groups is 1. The summed E-state index contributed by atoms with van der Waals surface area (Å²) < 4.78 is 23.4. The molecule has 6 heteroatoms. The zero-order valence-electron chi connectivity index (χ0n) is 11.0. The molecular formula is C13H18FNO4. The van der Waals surface area contributed by atoms with E-state index in [-0.39, 0.29) is 18.3 Å². The third-order valence-electron chi connectivity index (χ3n) is 2.43. The first kappa shape index (κ1) is 15.4. The number of carbonyl (C=O) groups excluding carboxylic acids is 1. The standard InChI is InChI=1S/C13H18FNO4/c1-9(16)10-3-4-12(11(14)7-10)19-8-13(17)15-5-6-18-2/h3-4,7,9,16H,5-6,8H2,1-2H3,(H,15,17). The normalized spacial score (nSPS) is 12.0. The van der Waals surface area contributed by atoms with Crippen LogP contribution in [-0.4, -0.2) is 37.9 Å². The van der Waals surface area contributed by atoms with Gasteiger partial charge < -0.3 is 19.9 Å². The highest BCUT2D eigenvalue weighted by Gasteiger charge is 2.09. The molecule has 2 N–H and O–H groups in total. The van der Waals surface area contributed by atoms with Gasteiger partial charge in [0.05, 0.1) is 12.7 Å². The molecule has 0 aromatic heterocycles. The van der Waals surface area contributed by atoms with E-state index in [1.165, 1.54) is 19.2 Å². The summed E-state index contributed by atoms with van der Waals surface area (Å²) >= 11 is 0. The van der Waals surface area contributed by atoms with Crippen molar-refractivity contribution < 1.29 is 23.8 Å². The van der Waals surface area contributed by atoms with Crippen molar-refractivity contribution in [3.8, 4) is 5.75 Å². The van der Waals surface area contributed by atoms with Crippen molar-refractivity contribution in [1.82, 2.24) is 5.32 Å². The van der Waals surface area contributed by atoms with Gasteiger partial charge in [0.25, 0.3) is 5.91 Å². The first-order chi connectivity index (χ1) is 9.04. The maximum absolute atomic E-state index is 13.6. The van der Waals surface area contributed by atoms with Crippen LogP contribution in [0.2, 0.25) is 0 Å². The average Bonchev–Trinajstić information content (AvgIpc) is 2.37. The Labute approximate surface area is 111 Å². The Morgan fingerprint density at radius 2 is 2.26 bits per heavy atom. The summed E-state index contributed by atoms with van der Waals surface area (Å²) in [5.74, 6) is -0.981. The summed E-state index contributed by atoms with van der Waals surface area (Å²) in [5, 5.41) is 11.8. The maximum atomic E-state index is 13.6. The number of hydrogen-bond donors (Lipinski definition) is 2. The number of methoxy groups -OCH3 is 1. The number of aliphatic hydroxyl groups is 1. The molecule has 106 valence electrons. The van der Waals surface area contributed by atoms with Crippen molar-refractivity contribution in [2.45, 2.75) is 13.0 Å². The lowest BCUT2D eigenvalue weighted by atomic mass is 10.1. The molecule has 0 bridgehead atoms. The van der Waals surface area contributed by atoms with Gasteiger partial charge in [-0.25, -0.2) is 4.39 Å². The van der Waals surface area contributed by atoms with E-state index in [1.54, 1.807) is 13.0 Å². The van der Waals surface area contributed by atoms with E-state index in [0.29, 0.717) is 18.7 Å². The Morgan fingerprint density at radius 3 is 2.84 bits per heavy atom. The molecule has 0 aliphatic rings. The highest BCUT2D eigenvalue weighted by molar-refractivity contribution is 5.77. The minimum absolute atomic E-state index is 0.0220. The quantitative estimate of drug-likeness (QED) is 0.727. The fourth-order valence-corrected chi connectivity index (χ4v) is 1.38. The van der Waals surface area contributed by atoms with E-state index in [9.17, 15) is 14.3 Å². The first-order valence-corrected chi connectivity index (χ1v) is 5.90. The van der Waals surface area contributed by atoms with Crippen LogP contribution >= 0.6 is 0 Å². The van der Waals surface area contributed by atoms with Crippen molar-refractivity contribution in [2.75, 3.05) is 26.9 Å². The number of ether oxygens (including phenoxy) is 2. The summed E-state index contributed by atoms with van der Waals surface area (Å²) in [4.78, 5) is 11.3. The van der Waals surface area contributed by atoms with Crippen LogP contribution in [0.25, 0.3) is 0 Å². The van der Waals surface area contributed by atoms with Crippen molar-refractivity contribution in [3.63, 3.8) is 0 Å². The van der Waals surface area contributed by atoms with Crippen LogP contribution < -0.4 is 10.1 Å². The van der Waals surface area contributed by atoms with E-state index in [1.807, 2.05) is 0 Å². The van der Waals surface area contributed by atoms with Crippen molar-refractivity contribution in [2.24, 2.45) is 0 Å². The number of amides is 1. The van der Waals surface area contributed by atoms with Gasteiger partial charge in [-0.05, 0) is 24.6 Å². The van der Waals surface area contributed by atoms with Gasteiger partial charge in [0.1, 0.15) is 0 Å². The highest BCUT2D eigenvalue weighted by Crippen LogP contribution is 2.21. The summed E-state index contributed by atoms with van der Waals surface area (Å²) in [6, 6.07) is 4.12. The van der Waals surface area contributed by atoms with Crippen LogP contribution in [0.3, 0.4) is 0 Å². The van der Waals surface area contributed by atoms with Crippen molar-refractivity contribution >= 4 is 5.91 Å². The van der Waals surface area contributed by atoms with Gasteiger partial charge >= 0.3 is 0 Å². The molecule has 1 rings (SSSR count). The monoisotopic (exact) mass is 271 g/mol. The van der Waals surface area contributed by atoms with E-state index in [4.69, 9.17) is 9.47 Å². The minimum atomic E-state index is -0.749. The van der Waals surface area contributed by atoms with E-state index < -0.39 is 11.9 Å². The molecule has 0 heterocycles. The Balaban J connectivity index is 2.47. The Kier molecular flexibility index (Phi) is 6.24. The predicted octanol–water partition coefficient (Wildman–Crippen LogP) is 1.02. The lowest BCUT2D eigenvalue weighted by molar-refractivity contribution is -0.123. The Morgan fingerprint density at radius 1 is 1.53 bits per heavy atom. The number of halogens is 1. The second kappa shape index (κ2) is 7.70. The summed E-state index contributed by atoms with van der Waals surface area (Å²) in [6.45, 7) is 2.05. The van der Waals surface area contributed by atoms with Crippen LogP contribution in [0.4, 0.5) is 4.39 Å². The Hall–Kier alpha value is -1.66. The smallest absolute Gasteiger partial charge is 0.258 e. The van der Waals surface area contributed by atoms with Gasteiger partial charge in [0.15, 0.2) is 18.2 Å². The molecular weight excluding hydrogens is 253 g/mol. The van der Waals surface area contributed by atoms with Gasteiger partial charge in [-0.1, -0.05) is 6.07 Å². The zero-order valence-corrected chi connectivity index (χ0v) is 11.0. The molecule has 0 spiro atoms. The second-order valence-electron chi connectivity index (χ2n) is 4.00. The topological polar surface area (TPSA) is 67.8 Å².